The van der Waals surface area contributed by atoms with Gasteiger partial charge in [0.05, 0.1) is 11.4 Å². The second-order valence-electron chi connectivity index (χ2n) is 7.48. The monoisotopic (exact) mass is 429 g/mol. The maximum absolute atomic E-state index is 12.6. The van der Waals surface area contributed by atoms with Crippen molar-refractivity contribution in [3.05, 3.63) is 58.1 Å². The third kappa shape index (κ3) is 4.04. The van der Waals surface area contributed by atoms with E-state index < -0.39 is 10.0 Å². The number of nitrogens with one attached hydrogen (secondary N) is 1. The Kier molecular flexibility index (Phi) is 5.16. The summed E-state index contributed by atoms with van der Waals surface area (Å²) in [6, 6.07) is 9.79. The van der Waals surface area contributed by atoms with Gasteiger partial charge in [0.1, 0.15) is 0 Å². The van der Waals surface area contributed by atoms with Crippen LogP contribution in [0.3, 0.4) is 0 Å². The van der Waals surface area contributed by atoms with Crippen molar-refractivity contribution in [2.45, 2.75) is 32.1 Å². The standard InChI is InChI=1S/C21H23N3O3S2/c1-13-10-14(2)17(15(3)11-13)6-7-22-20(25)16-4-5-18-19(12-16)28-21-23-29(26,27)9-8-24(18)21/h4-5,10-12H,6-9H2,1-3H3,(H,22,25). The van der Waals surface area contributed by atoms with E-state index >= 15 is 0 Å². The highest BCUT2D eigenvalue weighted by Gasteiger charge is 2.33. The maximum atomic E-state index is 12.6. The van der Waals surface area contributed by atoms with Crippen LogP contribution in [0.4, 0.5) is 5.69 Å². The van der Waals surface area contributed by atoms with Gasteiger partial charge in [0.2, 0.25) is 0 Å². The zero-order chi connectivity index (χ0) is 20.8. The molecule has 0 saturated carbocycles. The molecule has 0 fully saturated rings. The van der Waals surface area contributed by atoms with Gasteiger partial charge in [0.15, 0.2) is 5.17 Å². The second-order valence-corrected chi connectivity index (χ2v) is 10.2. The minimum atomic E-state index is -3.38. The minimum absolute atomic E-state index is 0.0105. The molecular formula is C21H23N3O3S2. The van der Waals surface area contributed by atoms with Gasteiger partial charge in [-0.3, -0.25) is 4.79 Å². The Hall–Kier alpha value is -2.32. The Labute approximate surface area is 175 Å². The molecule has 0 atom stereocenters. The molecule has 6 nitrogen and oxygen atoms in total. The van der Waals surface area contributed by atoms with Crippen LogP contribution in [-0.4, -0.2) is 38.3 Å². The van der Waals surface area contributed by atoms with Crippen molar-refractivity contribution in [3.8, 4) is 0 Å². The molecule has 2 aromatic carbocycles. The Morgan fingerprint density at radius 2 is 1.90 bits per heavy atom. The van der Waals surface area contributed by atoms with Crippen LogP contribution < -0.4 is 10.2 Å². The number of hydrogen-bond donors (Lipinski definition) is 1. The van der Waals surface area contributed by atoms with Crippen molar-refractivity contribution >= 4 is 38.5 Å². The normalized spacial score (nSPS) is 16.8. The number of aryl methyl sites for hydroxylation is 3. The van der Waals surface area contributed by atoms with Crippen LogP contribution in [0, 0.1) is 20.8 Å². The van der Waals surface area contributed by atoms with Crippen molar-refractivity contribution < 1.29 is 13.2 Å². The van der Waals surface area contributed by atoms with Gasteiger partial charge in [0, 0.05) is 23.5 Å². The topological polar surface area (TPSA) is 78.8 Å². The predicted octanol–water partition coefficient (Wildman–Crippen LogP) is 3.20. The quantitative estimate of drug-likeness (QED) is 0.808. The lowest BCUT2D eigenvalue weighted by Gasteiger charge is -2.22. The van der Waals surface area contributed by atoms with Crippen LogP contribution in [0.2, 0.25) is 0 Å². The van der Waals surface area contributed by atoms with Crippen molar-refractivity contribution in [2.75, 3.05) is 23.7 Å². The van der Waals surface area contributed by atoms with Crippen molar-refractivity contribution in [3.63, 3.8) is 0 Å². The average molecular weight is 430 g/mol. The summed E-state index contributed by atoms with van der Waals surface area (Å²) in [6.45, 7) is 7.25. The maximum Gasteiger partial charge on any atom is 0.257 e. The number of fused-ring (bicyclic) bond motifs is 3. The third-order valence-corrected chi connectivity index (χ3v) is 7.54. The fraction of sp³-hybridized carbons (Fsp3) is 0.333. The van der Waals surface area contributed by atoms with Crippen molar-refractivity contribution in [1.29, 1.82) is 0 Å². The van der Waals surface area contributed by atoms with Gasteiger partial charge in [-0.15, -0.1) is 4.40 Å². The number of sulfonamides is 1. The molecule has 4 rings (SSSR count). The first-order valence-electron chi connectivity index (χ1n) is 9.50. The highest BCUT2D eigenvalue weighted by atomic mass is 32.2. The molecular weight excluding hydrogens is 406 g/mol. The number of benzene rings is 2. The molecule has 0 saturated heterocycles. The minimum Gasteiger partial charge on any atom is -0.352 e. The van der Waals surface area contributed by atoms with E-state index in [1.807, 2.05) is 17.0 Å². The smallest absolute Gasteiger partial charge is 0.257 e. The first-order chi connectivity index (χ1) is 13.7. The molecule has 0 aliphatic carbocycles. The number of amidine groups is 1. The fourth-order valence-corrected chi connectivity index (χ4v) is 6.18. The number of hydrogen-bond acceptors (Lipinski definition) is 5. The molecule has 1 N–H and O–H groups in total. The summed E-state index contributed by atoms with van der Waals surface area (Å²) >= 11 is 1.30. The SMILES string of the molecule is Cc1cc(C)c(CCNC(=O)c2ccc3c(c2)SC2=NS(=O)(=O)CCN23)c(C)c1. The van der Waals surface area contributed by atoms with Crippen molar-refractivity contribution in [2.24, 2.45) is 4.40 Å². The number of carbonyl (C=O) groups is 1. The van der Waals surface area contributed by atoms with Crippen LogP contribution in [0.25, 0.3) is 0 Å². The van der Waals surface area contributed by atoms with E-state index in [-0.39, 0.29) is 11.7 Å². The van der Waals surface area contributed by atoms with Crippen LogP contribution in [0.1, 0.15) is 32.6 Å². The predicted molar refractivity (Wildman–Crippen MR) is 118 cm³/mol. The summed E-state index contributed by atoms with van der Waals surface area (Å²) in [5, 5.41) is 3.46. The molecule has 1 amide bonds. The molecule has 2 heterocycles. The highest BCUT2D eigenvalue weighted by molar-refractivity contribution is 8.15. The Morgan fingerprint density at radius 1 is 1.17 bits per heavy atom. The number of anilines is 1. The molecule has 2 aromatic rings. The highest BCUT2D eigenvalue weighted by Crippen LogP contribution is 2.42. The summed E-state index contributed by atoms with van der Waals surface area (Å²) in [5.74, 6) is -0.119. The third-order valence-electron chi connectivity index (χ3n) is 5.24. The zero-order valence-corrected chi connectivity index (χ0v) is 18.3. The van der Waals surface area contributed by atoms with Crippen LogP contribution in [-0.2, 0) is 16.4 Å². The van der Waals surface area contributed by atoms with Gasteiger partial charge < -0.3 is 10.2 Å². The summed E-state index contributed by atoms with van der Waals surface area (Å²) in [5.41, 5.74) is 6.49. The van der Waals surface area contributed by atoms with Gasteiger partial charge in [-0.25, -0.2) is 8.42 Å². The molecule has 0 radical (unpaired) electrons. The largest absolute Gasteiger partial charge is 0.352 e. The van der Waals surface area contributed by atoms with Crippen LogP contribution >= 0.6 is 11.8 Å². The zero-order valence-electron chi connectivity index (χ0n) is 16.7. The molecule has 152 valence electrons. The lowest BCUT2D eigenvalue weighted by atomic mass is 9.97. The molecule has 0 aromatic heterocycles. The van der Waals surface area contributed by atoms with Crippen molar-refractivity contribution in [1.82, 2.24) is 5.32 Å². The number of rotatable bonds is 4. The summed E-state index contributed by atoms with van der Waals surface area (Å²) in [7, 11) is -3.38. The molecule has 29 heavy (non-hydrogen) atoms. The Bertz CT molecular complexity index is 1120. The summed E-state index contributed by atoms with van der Waals surface area (Å²) in [6.07, 6.45) is 0.784. The van der Waals surface area contributed by atoms with E-state index in [0.717, 1.165) is 17.0 Å². The van der Waals surface area contributed by atoms with E-state index in [4.69, 9.17) is 0 Å². The molecule has 0 spiro atoms. The average Bonchev–Trinajstić information content (AvgIpc) is 2.98. The molecule has 0 bridgehead atoms. The number of amides is 1. The van der Waals surface area contributed by atoms with Gasteiger partial charge >= 0.3 is 0 Å². The van der Waals surface area contributed by atoms with Crippen LogP contribution in [0.5, 0.6) is 0 Å². The Balaban J connectivity index is 1.44. The van der Waals surface area contributed by atoms with Crippen LogP contribution in [0.15, 0.2) is 39.6 Å². The number of thioether (sulfide) groups is 1. The Morgan fingerprint density at radius 3 is 2.62 bits per heavy atom. The summed E-state index contributed by atoms with van der Waals surface area (Å²) in [4.78, 5) is 15.4. The molecule has 2 aliphatic rings. The van der Waals surface area contributed by atoms with Gasteiger partial charge in [0.25, 0.3) is 15.9 Å². The summed E-state index contributed by atoms with van der Waals surface area (Å²) < 4.78 is 27.3. The first kappa shape index (κ1) is 20.0. The van der Waals surface area contributed by atoms with Gasteiger partial charge in [-0.05, 0) is 73.8 Å². The van der Waals surface area contributed by atoms with Gasteiger partial charge in [-0.1, -0.05) is 17.7 Å². The fourth-order valence-electron chi connectivity index (χ4n) is 3.88. The number of carbonyl (C=O) groups excluding carboxylic acids is 1. The lowest BCUT2D eigenvalue weighted by molar-refractivity contribution is 0.0954. The first-order valence-corrected chi connectivity index (χ1v) is 11.9. The number of nitrogens with zero attached hydrogens (tertiary/aromatic N) is 2. The van der Waals surface area contributed by atoms with E-state index in [0.29, 0.717) is 23.8 Å². The van der Waals surface area contributed by atoms with E-state index in [2.05, 4.69) is 42.6 Å². The molecule has 8 heteroatoms. The second kappa shape index (κ2) is 7.50. The van der Waals surface area contributed by atoms with E-state index in [9.17, 15) is 13.2 Å². The van der Waals surface area contributed by atoms with E-state index in [1.54, 1.807) is 6.07 Å². The van der Waals surface area contributed by atoms with E-state index in [1.165, 1.54) is 34.0 Å². The molecule has 2 aliphatic heterocycles. The molecule has 0 unspecified atom stereocenters. The lowest BCUT2D eigenvalue weighted by Crippen LogP contribution is -2.35. The van der Waals surface area contributed by atoms with Gasteiger partial charge in [-0.2, -0.15) is 0 Å².